The summed E-state index contributed by atoms with van der Waals surface area (Å²) in [5.74, 6) is -0.733. The Balaban J connectivity index is 1.56. The largest absolute Gasteiger partial charge is 0.451 e. The Bertz CT molecular complexity index is 755. The molecular weight excluding hydrogens is 322 g/mol. The second kappa shape index (κ2) is 7.18. The molecule has 0 aliphatic heterocycles. The van der Waals surface area contributed by atoms with Crippen LogP contribution in [0.4, 0.5) is 5.69 Å². The summed E-state index contributed by atoms with van der Waals surface area (Å²) in [7, 11) is 0. The Morgan fingerprint density at radius 2 is 1.96 bits per heavy atom. The first-order chi connectivity index (χ1) is 11.5. The summed E-state index contributed by atoms with van der Waals surface area (Å²) in [5.41, 5.74) is 4.06. The molecule has 0 fully saturated rings. The SMILES string of the molecule is Cc1ccc(C)c(NC(=O)COC(=O)c2cc3c(s2)CCCC3)c1. The molecule has 24 heavy (non-hydrogen) atoms. The van der Waals surface area contributed by atoms with Gasteiger partial charge < -0.3 is 10.1 Å². The van der Waals surface area contributed by atoms with Gasteiger partial charge in [-0.25, -0.2) is 4.79 Å². The third-order valence-corrected chi connectivity index (χ3v) is 5.42. The molecule has 1 aromatic heterocycles. The van der Waals surface area contributed by atoms with Gasteiger partial charge in [0.05, 0.1) is 0 Å². The van der Waals surface area contributed by atoms with Crippen LogP contribution in [0.25, 0.3) is 0 Å². The Kier molecular flexibility index (Phi) is 5.00. The number of esters is 1. The maximum atomic E-state index is 12.1. The fraction of sp³-hybridized carbons (Fsp3) is 0.368. The van der Waals surface area contributed by atoms with Crippen molar-refractivity contribution in [1.29, 1.82) is 0 Å². The van der Waals surface area contributed by atoms with Gasteiger partial charge >= 0.3 is 5.97 Å². The number of nitrogens with one attached hydrogen (secondary N) is 1. The molecule has 1 aliphatic rings. The zero-order valence-electron chi connectivity index (χ0n) is 14.0. The number of rotatable bonds is 4. The van der Waals surface area contributed by atoms with Crippen molar-refractivity contribution in [3.63, 3.8) is 0 Å². The highest BCUT2D eigenvalue weighted by Gasteiger charge is 2.19. The van der Waals surface area contributed by atoms with E-state index in [4.69, 9.17) is 4.74 Å². The number of thiophene rings is 1. The lowest BCUT2D eigenvalue weighted by atomic mass is 9.99. The predicted molar refractivity (Wildman–Crippen MR) is 95.8 cm³/mol. The second-order valence-electron chi connectivity index (χ2n) is 6.21. The molecule has 3 rings (SSSR count). The van der Waals surface area contributed by atoms with E-state index in [0.717, 1.165) is 29.7 Å². The van der Waals surface area contributed by atoms with Crippen molar-refractivity contribution in [2.45, 2.75) is 39.5 Å². The average molecular weight is 343 g/mol. The van der Waals surface area contributed by atoms with Gasteiger partial charge in [-0.15, -0.1) is 11.3 Å². The van der Waals surface area contributed by atoms with E-state index in [1.807, 2.05) is 38.1 Å². The number of carbonyl (C=O) groups excluding carboxylic acids is 2. The standard InChI is InChI=1S/C19H21NO3S/c1-12-7-8-13(2)15(9-12)20-18(21)11-23-19(22)17-10-14-5-3-4-6-16(14)24-17/h7-10H,3-6,11H2,1-2H3,(H,20,21). The van der Waals surface area contributed by atoms with Gasteiger partial charge in [0.15, 0.2) is 6.61 Å². The van der Waals surface area contributed by atoms with Crippen LogP contribution in [0.3, 0.4) is 0 Å². The quantitative estimate of drug-likeness (QED) is 0.853. The maximum Gasteiger partial charge on any atom is 0.348 e. The third-order valence-electron chi connectivity index (χ3n) is 4.20. The lowest BCUT2D eigenvalue weighted by Crippen LogP contribution is -2.21. The van der Waals surface area contributed by atoms with Gasteiger partial charge in [0.2, 0.25) is 0 Å². The first-order valence-electron chi connectivity index (χ1n) is 8.19. The molecule has 126 valence electrons. The maximum absolute atomic E-state index is 12.1. The third kappa shape index (κ3) is 3.85. The van der Waals surface area contributed by atoms with Gasteiger partial charge in [-0.1, -0.05) is 12.1 Å². The molecule has 2 aromatic rings. The van der Waals surface area contributed by atoms with Crippen LogP contribution in [0.1, 0.15) is 44.1 Å². The van der Waals surface area contributed by atoms with Crippen LogP contribution >= 0.6 is 11.3 Å². The molecule has 1 heterocycles. The number of benzene rings is 1. The van der Waals surface area contributed by atoms with Crippen LogP contribution < -0.4 is 5.32 Å². The molecule has 1 aliphatic carbocycles. The van der Waals surface area contributed by atoms with E-state index in [1.54, 1.807) is 0 Å². The van der Waals surface area contributed by atoms with E-state index >= 15 is 0 Å². The van der Waals surface area contributed by atoms with E-state index in [-0.39, 0.29) is 12.5 Å². The van der Waals surface area contributed by atoms with Gasteiger partial charge in [-0.2, -0.15) is 0 Å². The van der Waals surface area contributed by atoms with Crippen molar-refractivity contribution < 1.29 is 14.3 Å². The number of carbonyl (C=O) groups is 2. The van der Waals surface area contributed by atoms with E-state index < -0.39 is 5.97 Å². The predicted octanol–water partition coefficient (Wildman–Crippen LogP) is 4.04. The molecule has 0 unspecified atom stereocenters. The first-order valence-corrected chi connectivity index (χ1v) is 9.00. The van der Waals surface area contributed by atoms with E-state index in [0.29, 0.717) is 4.88 Å². The van der Waals surface area contributed by atoms with Crippen molar-refractivity contribution in [2.24, 2.45) is 0 Å². The van der Waals surface area contributed by atoms with Gasteiger partial charge in [-0.05, 0) is 68.4 Å². The fourth-order valence-electron chi connectivity index (χ4n) is 2.85. The molecule has 4 nitrogen and oxygen atoms in total. The van der Waals surface area contributed by atoms with Crippen LogP contribution in [-0.2, 0) is 22.4 Å². The van der Waals surface area contributed by atoms with E-state index in [1.165, 1.54) is 34.6 Å². The van der Waals surface area contributed by atoms with Crippen LogP contribution in [-0.4, -0.2) is 18.5 Å². The van der Waals surface area contributed by atoms with Gasteiger partial charge in [0.25, 0.3) is 5.91 Å². The van der Waals surface area contributed by atoms with E-state index in [2.05, 4.69) is 5.32 Å². The highest BCUT2D eigenvalue weighted by Crippen LogP contribution is 2.30. The first kappa shape index (κ1) is 16.7. The van der Waals surface area contributed by atoms with Crippen molar-refractivity contribution in [3.05, 3.63) is 50.7 Å². The van der Waals surface area contributed by atoms with Crippen molar-refractivity contribution >= 4 is 28.9 Å². The van der Waals surface area contributed by atoms with Crippen LogP contribution in [0.5, 0.6) is 0 Å². The summed E-state index contributed by atoms with van der Waals surface area (Å²) < 4.78 is 5.17. The number of hydrogen-bond donors (Lipinski definition) is 1. The fourth-order valence-corrected chi connectivity index (χ4v) is 4.00. The smallest absolute Gasteiger partial charge is 0.348 e. The summed E-state index contributed by atoms with van der Waals surface area (Å²) in [6, 6.07) is 7.77. The highest BCUT2D eigenvalue weighted by molar-refractivity contribution is 7.14. The summed E-state index contributed by atoms with van der Waals surface area (Å²) in [4.78, 5) is 26.1. The number of amides is 1. The molecule has 0 saturated carbocycles. The zero-order chi connectivity index (χ0) is 17.1. The summed E-state index contributed by atoms with van der Waals surface area (Å²) in [5, 5.41) is 2.79. The van der Waals surface area contributed by atoms with Crippen molar-refractivity contribution in [2.75, 3.05) is 11.9 Å². The average Bonchev–Trinajstić information content (AvgIpc) is 3.00. The molecular formula is C19H21NO3S. The topological polar surface area (TPSA) is 55.4 Å². The highest BCUT2D eigenvalue weighted by atomic mass is 32.1. The number of fused-ring (bicyclic) bond motifs is 1. The Morgan fingerprint density at radius 1 is 1.17 bits per heavy atom. The molecule has 1 aromatic carbocycles. The zero-order valence-corrected chi connectivity index (χ0v) is 14.8. The lowest BCUT2D eigenvalue weighted by molar-refractivity contribution is -0.119. The second-order valence-corrected chi connectivity index (χ2v) is 7.35. The summed E-state index contributed by atoms with van der Waals surface area (Å²) >= 11 is 1.50. The molecule has 5 heteroatoms. The minimum Gasteiger partial charge on any atom is -0.451 e. The van der Waals surface area contributed by atoms with Gasteiger partial charge in [0, 0.05) is 10.6 Å². The Morgan fingerprint density at radius 3 is 2.75 bits per heavy atom. The lowest BCUT2D eigenvalue weighted by Gasteiger charge is -2.09. The molecule has 0 bridgehead atoms. The summed E-state index contributed by atoms with van der Waals surface area (Å²) in [6.45, 7) is 3.62. The molecule has 0 saturated heterocycles. The normalized spacial score (nSPS) is 13.2. The summed E-state index contributed by atoms with van der Waals surface area (Å²) in [6.07, 6.45) is 4.43. The number of hydrogen-bond acceptors (Lipinski definition) is 4. The number of anilines is 1. The van der Waals surface area contributed by atoms with Crippen LogP contribution in [0, 0.1) is 13.8 Å². The molecule has 0 spiro atoms. The van der Waals surface area contributed by atoms with Crippen LogP contribution in [0.2, 0.25) is 0 Å². The van der Waals surface area contributed by atoms with Gasteiger partial charge in [-0.3, -0.25) is 4.79 Å². The number of aryl methyl sites for hydroxylation is 4. The molecule has 0 atom stereocenters. The Hall–Kier alpha value is -2.14. The molecule has 0 radical (unpaired) electrons. The number of ether oxygens (including phenoxy) is 1. The molecule has 1 N–H and O–H groups in total. The minimum atomic E-state index is -0.412. The van der Waals surface area contributed by atoms with Gasteiger partial charge in [0.1, 0.15) is 4.88 Å². The van der Waals surface area contributed by atoms with Crippen LogP contribution in [0.15, 0.2) is 24.3 Å². The van der Waals surface area contributed by atoms with Crippen molar-refractivity contribution in [3.8, 4) is 0 Å². The van der Waals surface area contributed by atoms with E-state index in [9.17, 15) is 9.59 Å². The molecule has 1 amide bonds. The minimum absolute atomic E-state index is 0.269. The monoisotopic (exact) mass is 343 g/mol. The van der Waals surface area contributed by atoms with Crippen molar-refractivity contribution in [1.82, 2.24) is 0 Å². The Labute approximate surface area is 145 Å².